The lowest BCUT2D eigenvalue weighted by atomic mass is 9.97. The molecule has 0 fully saturated rings. The predicted molar refractivity (Wildman–Crippen MR) is 237 cm³/mol. The lowest BCUT2D eigenvalue weighted by Gasteiger charge is -2.20. The molecule has 0 N–H and O–H groups in total. The number of hydrogen-bond acceptors (Lipinski definition) is 1. The Hall–Kier alpha value is -7.62. The molecule has 0 saturated heterocycles. The number of nitrogens with zero attached hydrogens (tertiary/aromatic N) is 2. The molecule has 1 aliphatic rings. The fourth-order valence-electron chi connectivity index (χ4n) is 9.07. The van der Waals surface area contributed by atoms with Gasteiger partial charge in [-0.1, -0.05) is 146 Å². The molecular formula is C54H34N2O. The minimum atomic E-state index is 0.878. The predicted octanol–water partition coefficient (Wildman–Crippen LogP) is 14.7. The van der Waals surface area contributed by atoms with Crippen molar-refractivity contribution in [3.05, 3.63) is 206 Å². The van der Waals surface area contributed by atoms with E-state index in [-0.39, 0.29) is 0 Å². The Morgan fingerprint density at radius 3 is 1.51 bits per heavy atom. The minimum Gasteiger partial charge on any atom is -0.453 e. The lowest BCUT2D eigenvalue weighted by Crippen LogP contribution is -2.03. The summed E-state index contributed by atoms with van der Waals surface area (Å²) in [6, 6.07) is 74.4. The standard InChI is InChI=1S/C54H34N2O/c1-3-11-35(12-4-1)40-27-31-47-45(33-40)46-34-41(36-13-5-2-6-14-36)28-32-48(46)55(47)42-29-25-38(26-30-42)37-21-23-39(24-22-37)43-15-9-18-50-53(43)44-16-10-20-52-54(44)56(50)49-17-7-8-19-51(49)57-52/h1-34H. The highest BCUT2D eigenvalue weighted by atomic mass is 16.5. The van der Waals surface area contributed by atoms with E-state index in [2.05, 4.69) is 203 Å². The van der Waals surface area contributed by atoms with E-state index in [9.17, 15) is 0 Å². The molecule has 3 nitrogen and oxygen atoms in total. The number of para-hydroxylation sites is 3. The number of ether oxygens (including phenoxy) is 1. The Bertz CT molecular complexity index is 3240. The third kappa shape index (κ3) is 4.92. The van der Waals surface area contributed by atoms with Crippen LogP contribution in [0, 0.1) is 0 Å². The van der Waals surface area contributed by atoms with Gasteiger partial charge in [0.05, 0.1) is 27.8 Å². The molecule has 11 aromatic rings. The SMILES string of the molecule is c1ccc(-c2ccc3c(c2)c2cc(-c4ccccc4)ccc2n3-c2ccc(-c3ccc(-c4cccc5c4c4cccc6c4n5-c4ccccc4O6)cc3)cc2)cc1. The summed E-state index contributed by atoms with van der Waals surface area (Å²) in [5.41, 5.74) is 16.5. The number of fused-ring (bicyclic) bond motifs is 8. The maximum atomic E-state index is 6.38. The molecule has 2 aromatic heterocycles. The highest BCUT2D eigenvalue weighted by Crippen LogP contribution is 2.47. The Morgan fingerprint density at radius 1 is 0.316 bits per heavy atom. The van der Waals surface area contributed by atoms with E-state index in [1.165, 1.54) is 82.6 Å². The quantitative estimate of drug-likeness (QED) is 0.173. The van der Waals surface area contributed by atoms with E-state index in [0.717, 1.165) is 28.4 Å². The van der Waals surface area contributed by atoms with Gasteiger partial charge in [-0.25, -0.2) is 0 Å². The van der Waals surface area contributed by atoms with Crippen molar-refractivity contribution in [2.75, 3.05) is 0 Å². The maximum absolute atomic E-state index is 6.38. The summed E-state index contributed by atoms with van der Waals surface area (Å²) in [4.78, 5) is 0. The summed E-state index contributed by atoms with van der Waals surface area (Å²) in [5, 5.41) is 4.93. The lowest BCUT2D eigenvalue weighted by molar-refractivity contribution is 0.476. The Labute approximate surface area is 329 Å². The van der Waals surface area contributed by atoms with Crippen molar-refractivity contribution in [2.24, 2.45) is 0 Å². The van der Waals surface area contributed by atoms with Crippen LogP contribution in [0.15, 0.2) is 206 Å². The second-order valence-corrected chi connectivity index (χ2v) is 14.9. The Balaban J connectivity index is 0.933. The molecule has 0 radical (unpaired) electrons. The summed E-state index contributed by atoms with van der Waals surface area (Å²) in [6.45, 7) is 0. The second kappa shape index (κ2) is 12.5. The van der Waals surface area contributed by atoms with E-state index in [4.69, 9.17) is 4.74 Å². The topological polar surface area (TPSA) is 19.1 Å². The van der Waals surface area contributed by atoms with Gasteiger partial charge in [-0.2, -0.15) is 0 Å². The van der Waals surface area contributed by atoms with E-state index in [0.29, 0.717) is 0 Å². The molecule has 0 atom stereocenters. The molecule has 0 spiro atoms. The molecule has 12 rings (SSSR count). The fraction of sp³-hybridized carbons (Fsp3) is 0. The summed E-state index contributed by atoms with van der Waals surface area (Å²) in [7, 11) is 0. The van der Waals surface area contributed by atoms with E-state index >= 15 is 0 Å². The van der Waals surface area contributed by atoms with Crippen molar-refractivity contribution in [1.82, 2.24) is 9.13 Å². The highest BCUT2D eigenvalue weighted by Gasteiger charge is 2.25. The number of rotatable bonds is 5. The van der Waals surface area contributed by atoms with Crippen LogP contribution in [0.1, 0.15) is 0 Å². The molecule has 266 valence electrons. The zero-order valence-corrected chi connectivity index (χ0v) is 30.9. The third-order valence-electron chi connectivity index (χ3n) is 11.7. The maximum Gasteiger partial charge on any atom is 0.152 e. The van der Waals surface area contributed by atoms with Crippen molar-refractivity contribution in [3.63, 3.8) is 0 Å². The van der Waals surface area contributed by atoms with Crippen LogP contribution in [0.4, 0.5) is 0 Å². The molecule has 0 amide bonds. The first kappa shape index (κ1) is 31.7. The Morgan fingerprint density at radius 2 is 0.842 bits per heavy atom. The van der Waals surface area contributed by atoms with Gasteiger partial charge in [-0.3, -0.25) is 0 Å². The van der Waals surface area contributed by atoms with Gasteiger partial charge in [-0.15, -0.1) is 0 Å². The molecule has 0 unspecified atom stereocenters. The van der Waals surface area contributed by atoms with Crippen molar-refractivity contribution >= 4 is 43.6 Å². The van der Waals surface area contributed by atoms with Crippen molar-refractivity contribution < 1.29 is 4.74 Å². The number of aromatic nitrogens is 2. The molecule has 3 heteroatoms. The zero-order chi connectivity index (χ0) is 37.5. The fourth-order valence-corrected chi connectivity index (χ4v) is 9.07. The summed E-state index contributed by atoms with van der Waals surface area (Å²) in [6.07, 6.45) is 0. The molecule has 1 aliphatic heterocycles. The first-order chi connectivity index (χ1) is 28.3. The van der Waals surface area contributed by atoms with Gasteiger partial charge in [0.15, 0.2) is 11.5 Å². The monoisotopic (exact) mass is 726 g/mol. The third-order valence-corrected chi connectivity index (χ3v) is 11.7. The zero-order valence-electron chi connectivity index (χ0n) is 30.9. The van der Waals surface area contributed by atoms with Crippen LogP contribution in [0.25, 0.3) is 99.5 Å². The average molecular weight is 727 g/mol. The molecule has 57 heavy (non-hydrogen) atoms. The van der Waals surface area contributed by atoms with Gasteiger partial charge in [0.1, 0.15) is 0 Å². The van der Waals surface area contributed by atoms with Crippen LogP contribution in [0.3, 0.4) is 0 Å². The van der Waals surface area contributed by atoms with Crippen LogP contribution >= 0.6 is 0 Å². The van der Waals surface area contributed by atoms with E-state index in [1.54, 1.807) is 0 Å². The molecule has 0 bridgehead atoms. The van der Waals surface area contributed by atoms with Gasteiger partial charge in [-0.05, 0) is 105 Å². The van der Waals surface area contributed by atoms with Crippen molar-refractivity contribution in [3.8, 4) is 67.4 Å². The van der Waals surface area contributed by atoms with Crippen LogP contribution in [0.5, 0.6) is 11.5 Å². The molecular weight excluding hydrogens is 693 g/mol. The smallest absolute Gasteiger partial charge is 0.152 e. The molecule has 0 aliphatic carbocycles. The minimum absolute atomic E-state index is 0.878. The van der Waals surface area contributed by atoms with Crippen molar-refractivity contribution in [1.29, 1.82) is 0 Å². The van der Waals surface area contributed by atoms with Crippen LogP contribution < -0.4 is 4.74 Å². The van der Waals surface area contributed by atoms with Gasteiger partial charge in [0, 0.05) is 27.2 Å². The summed E-state index contributed by atoms with van der Waals surface area (Å²) in [5.74, 6) is 1.77. The average Bonchev–Trinajstić information content (AvgIpc) is 3.81. The first-order valence-corrected chi connectivity index (χ1v) is 19.5. The second-order valence-electron chi connectivity index (χ2n) is 14.9. The molecule has 3 heterocycles. The summed E-state index contributed by atoms with van der Waals surface area (Å²) >= 11 is 0. The van der Waals surface area contributed by atoms with Gasteiger partial charge >= 0.3 is 0 Å². The molecule has 0 saturated carbocycles. The molecule has 9 aromatic carbocycles. The van der Waals surface area contributed by atoms with Gasteiger partial charge < -0.3 is 13.9 Å². The van der Waals surface area contributed by atoms with Crippen LogP contribution in [-0.4, -0.2) is 9.13 Å². The van der Waals surface area contributed by atoms with Crippen molar-refractivity contribution in [2.45, 2.75) is 0 Å². The number of benzene rings is 9. The largest absolute Gasteiger partial charge is 0.453 e. The van der Waals surface area contributed by atoms with Crippen LogP contribution in [0.2, 0.25) is 0 Å². The normalized spacial score (nSPS) is 12.0. The first-order valence-electron chi connectivity index (χ1n) is 19.5. The van der Waals surface area contributed by atoms with E-state index < -0.39 is 0 Å². The Kier molecular flexibility index (Phi) is 6.93. The van der Waals surface area contributed by atoms with Crippen LogP contribution in [-0.2, 0) is 0 Å². The van der Waals surface area contributed by atoms with Gasteiger partial charge in [0.25, 0.3) is 0 Å². The van der Waals surface area contributed by atoms with Gasteiger partial charge in [0.2, 0.25) is 0 Å². The summed E-state index contributed by atoms with van der Waals surface area (Å²) < 4.78 is 11.2. The number of hydrogen-bond donors (Lipinski definition) is 0. The highest BCUT2D eigenvalue weighted by molar-refractivity contribution is 6.18. The van der Waals surface area contributed by atoms with E-state index in [1.807, 2.05) is 12.1 Å².